The summed E-state index contributed by atoms with van der Waals surface area (Å²) < 4.78 is 13.4. The Bertz CT molecular complexity index is 2180. The van der Waals surface area contributed by atoms with Crippen LogP contribution in [0.5, 0.6) is 11.5 Å². The monoisotopic (exact) mass is 634 g/mol. The van der Waals surface area contributed by atoms with Crippen molar-refractivity contribution >= 4 is 75.9 Å². The Balaban J connectivity index is 1.29. The zero-order valence-electron chi connectivity index (χ0n) is 28.5. The van der Waals surface area contributed by atoms with Crippen LogP contribution in [-0.4, -0.2) is 23.2 Å². The molecule has 0 saturated heterocycles. The molecular weight excluding hydrogens is 588 g/mol. The highest BCUT2D eigenvalue weighted by atomic mass is 16.5. The van der Waals surface area contributed by atoms with Crippen molar-refractivity contribution in [1.29, 1.82) is 0 Å². The molecular formula is C44H46N2O2. The van der Waals surface area contributed by atoms with Crippen LogP contribution in [-0.2, 0) is 0 Å². The van der Waals surface area contributed by atoms with Gasteiger partial charge in [-0.2, -0.15) is 0 Å². The number of pyridine rings is 2. The van der Waals surface area contributed by atoms with Gasteiger partial charge in [0, 0.05) is 53.9 Å². The van der Waals surface area contributed by atoms with Gasteiger partial charge in [-0.15, -0.1) is 0 Å². The molecule has 2 heterocycles. The van der Waals surface area contributed by atoms with Gasteiger partial charge in [-0.25, -0.2) is 9.97 Å². The van der Waals surface area contributed by atoms with Gasteiger partial charge in [0.2, 0.25) is 0 Å². The number of ether oxygens (including phenoxy) is 2. The highest BCUT2D eigenvalue weighted by Gasteiger charge is 2.24. The van der Waals surface area contributed by atoms with Crippen LogP contribution >= 0.6 is 0 Å². The highest BCUT2D eigenvalue weighted by Crippen LogP contribution is 2.49. The maximum absolute atomic E-state index is 6.72. The number of unbranched alkanes of at least 4 members (excludes halogenated alkanes) is 10. The second-order valence-corrected chi connectivity index (χ2v) is 13.7. The molecule has 0 N–H and O–H groups in total. The fraction of sp³-hybridized carbons (Fsp3) is 0.364. The molecule has 0 spiro atoms. The summed E-state index contributed by atoms with van der Waals surface area (Å²) in [6.45, 7) is 5.98. The standard InChI is InChI=1S/C44H46N2O2/c1-3-5-7-9-11-17-27-47-43-31-21-15-13-19-29(31)41-37-33(43)23-25-35-39(37)40-36(45-41)26-24-34-38(40)42(46-35)30-20-14-16-22-32(30)44(34)48-28-18-12-10-8-6-4-2/h13-16,19-26H,3-12,17-18,27-28H2,1-2H3. The fourth-order valence-electron chi connectivity index (χ4n) is 7.98. The summed E-state index contributed by atoms with van der Waals surface area (Å²) in [5.41, 5.74) is 4.05. The molecule has 0 bridgehead atoms. The Labute approximate surface area is 283 Å². The van der Waals surface area contributed by atoms with Crippen molar-refractivity contribution in [2.45, 2.75) is 90.9 Å². The van der Waals surface area contributed by atoms with Crippen LogP contribution in [0.3, 0.4) is 0 Å². The van der Waals surface area contributed by atoms with Crippen LogP contribution in [0.4, 0.5) is 0 Å². The smallest absolute Gasteiger partial charge is 0.135 e. The lowest BCUT2D eigenvalue weighted by Gasteiger charge is -2.21. The van der Waals surface area contributed by atoms with E-state index in [4.69, 9.17) is 19.4 Å². The Kier molecular flexibility index (Phi) is 8.74. The molecule has 0 aliphatic carbocycles. The number of benzene rings is 6. The van der Waals surface area contributed by atoms with Crippen LogP contribution in [0.1, 0.15) is 90.9 Å². The van der Waals surface area contributed by atoms with Crippen molar-refractivity contribution in [3.05, 3.63) is 72.8 Å². The first-order valence-corrected chi connectivity index (χ1v) is 18.5. The summed E-state index contributed by atoms with van der Waals surface area (Å²) in [6, 6.07) is 26.1. The zero-order valence-corrected chi connectivity index (χ0v) is 28.5. The minimum absolute atomic E-state index is 0.720. The van der Waals surface area contributed by atoms with E-state index in [1.165, 1.54) is 75.0 Å². The predicted molar refractivity (Wildman–Crippen MR) is 205 cm³/mol. The summed E-state index contributed by atoms with van der Waals surface area (Å²) in [5, 5.41) is 11.4. The molecule has 0 aliphatic heterocycles. The first-order chi connectivity index (χ1) is 23.8. The largest absolute Gasteiger partial charge is 0.492 e. The summed E-state index contributed by atoms with van der Waals surface area (Å²) in [5.74, 6) is 1.94. The first-order valence-electron chi connectivity index (χ1n) is 18.5. The van der Waals surface area contributed by atoms with Crippen LogP contribution < -0.4 is 9.47 Å². The summed E-state index contributed by atoms with van der Waals surface area (Å²) in [4.78, 5) is 10.9. The van der Waals surface area contributed by atoms with Gasteiger partial charge in [0.15, 0.2) is 0 Å². The van der Waals surface area contributed by atoms with E-state index in [9.17, 15) is 0 Å². The SMILES string of the molecule is CCCCCCCCOc1c2ccccc2c2nc3ccc4c(OCCCCCCCC)c5ccccc5c5nc6ccc1c2c6c3c45. The van der Waals surface area contributed by atoms with Gasteiger partial charge in [0.1, 0.15) is 11.5 Å². The second-order valence-electron chi connectivity index (χ2n) is 13.7. The van der Waals surface area contributed by atoms with Crippen LogP contribution in [0.2, 0.25) is 0 Å². The topological polar surface area (TPSA) is 44.2 Å². The zero-order chi connectivity index (χ0) is 32.5. The Morgan fingerprint density at radius 2 is 0.792 bits per heavy atom. The van der Waals surface area contributed by atoms with Gasteiger partial charge < -0.3 is 9.47 Å². The first kappa shape index (κ1) is 30.9. The molecule has 6 aromatic carbocycles. The normalized spacial score (nSPS) is 12.3. The maximum atomic E-state index is 6.72. The average molecular weight is 635 g/mol. The molecule has 8 rings (SSSR count). The van der Waals surface area contributed by atoms with Crippen LogP contribution in [0.15, 0.2) is 72.8 Å². The fourth-order valence-corrected chi connectivity index (χ4v) is 7.98. The molecule has 4 heteroatoms. The minimum atomic E-state index is 0.720. The molecule has 8 aromatic rings. The lowest BCUT2D eigenvalue weighted by molar-refractivity contribution is 0.311. The third kappa shape index (κ3) is 5.30. The molecule has 0 aliphatic rings. The molecule has 48 heavy (non-hydrogen) atoms. The van der Waals surface area contributed by atoms with Crippen molar-refractivity contribution in [3.63, 3.8) is 0 Å². The van der Waals surface area contributed by atoms with Gasteiger partial charge in [0.05, 0.1) is 35.3 Å². The van der Waals surface area contributed by atoms with Crippen molar-refractivity contribution in [1.82, 2.24) is 9.97 Å². The third-order valence-corrected chi connectivity index (χ3v) is 10.4. The molecule has 244 valence electrons. The molecule has 0 amide bonds. The number of fused-ring (bicyclic) bond motifs is 4. The number of nitrogens with zero attached hydrogens (tertiary/aromatic N) is 2. The van der Waals surface area contributed by atoms with Crippen molar-refractivity contribution in [2.75, 3.05) is 13.2 Å². The van der Waals surface area contributed by atoms with E-state index in [2.05, 4.69) is 86.6 Å². The quantitative estimate of drug-likeness (QED) is 0.0602. The highest BCUT2D eigenvalue weighted by molar-refractivity contribution is 6.39. The van der Waals surface area contributed by atoms with E-state index < -0.39 is 0 Å². The number of aromatic nitrogens is 2. The van der Waals surface area contributed by atoms with E-state index in [0.717, 1.165) is 103 Å². The predicted octanol–water partition coefficient (Wildman–Crippen LogP) is 12.9. The van der Waals surface area contributed by atoms with Gasteiger partial charge >= 0.3 is 0 Å². The lowest BCUT2D eigenvalue weighted by atomic mass is 9.89. The third-order valence-electron chi connectivity index (χ3n) is 10.4. The summed E-state index contributed by atoms with van der Waals surface area (Å²) in [7, 11) is 0. The molecule has 0 unspecified atom stereocenters. The second kappa shape index (κ2) is 13.6. The van der Waals surface area contributed by atoms with Gasteiger partial charge in [-0.05, 0) is 37.1 Å². The van der Waals surface area contributed by atoms with E-state index in [1.54, 1.807) is 0 Å². The summed E-state index contributed by atoms with van der Waals surface area (Å²) >= 11 is 0. The van der Waals surface area contributed by atoms with Gasteiger partial charge in [-0.3, -0.25) is 0 Å². The average Bonchev–Trinajstić information content (AvgIpc) is 3.13. The number of hydrogen-bond donors (Lipinski definition) is 0. The Morgan fingerprint density at radius 3 is 1.23 bits per heavy atom. The van der Waals surface area contributed by atoms with Crippen LogP contribution in [0.25, 0.3) is 75.9 Å². The lowest BCUT2D eigenvalue weighted by Crippen LogP contribution is -2.02. The molecule has 0 atom stereocenters. The summed E-state index contributed by atoms with van der Waals surface area (Å²) in [6.07, 6.45) is 14.9. The number of rotatable bonds is 16. The van der Waals surface area contributed by atoms with E-state index in [1.807, 2.05) is 0 Å². The van der Waals surface area contributed by atoms with Crippen molar-refractivity contribution in [2.24, 2.45) is 0 Å². The molecule has 0 radical (unpaired) electrons. The molecule has 2 aromatic heterocycles. The molecule has 0 fully saturated rings. The number of hydrogen-bond acceptors (Lipinski definition) is 4. The van der Waals surface area contributed by atoms with Gasteiger partial charge in [-0.1, -0.05) is 127 Å². The van der Waals surface area contributed by atoms with Crippen molar-refractivity contribution in [3.8, 4) is 11.5 Å². The van der Waals surface area contributed by atoms with E-state index >= 15 is 0 Å². The van der Waals surface area contributed by atoms with E-state index in [0.29, 0.717) is 0 Å². The van der Waals surface area contributed by atoms with E-state index in [-0.39, 0.29) is 0 Å². The Hall–Kier alpha value is -4.44. The van der Waals surface area contributed by atoms with Gasteiger partial charge in [0.25, 0.3) is 0 Å². The minimum Gasteiger partial charge on any atom is -0.492 e. The Morgan fingerprint density at radius 1 is 0.396 bits per heavy atom. The maximum Gasteiger partial charge on any atom is 0.135 e. The molecule has 4 nitrogen and oxygen atoms in total. The van der Waals surface area contributed by atoms with Crippen molar-refractivity contribution < 1.29 is 9.47 Å². The molecule has 0 saturated carbocycles. The van der Waals surface area contributed by atoms with Crippen LogP contribution in [0, 0.1) is 0 Å².